The molecule has 212 valence electrons. The van der Waals surface area contributed by atoms with Crippen LogP contribution in [0.1, 0.15) is 63.6 Å². The van der Waals surface area contributed by atoms with Crippen LogP contribution in [-0.2, 0) is 14.4 Å². The normalized spacial score (nSPS) is 21.0. The number of aromatic nitrogens is 3. The van der Waals surface area contributed by atoms with Crippen LogP contribution in [0.25, 0.3) is 10.9 Å². The highest BCUT2D eigenvalue weighted by molar-refractivity contribution is 6.40. The van der Waals surface area contributed by atoms with Crippen LogP contribution in [0.2, 0.25) is 0 Å². The summed E-state index contributed by atoms with van der Waals surface area (Å²) < 4.78 is 0. The molecule has 2 aliphatic heterocycles. The number of H-pyrrole nitrogens is 1. The maximum atomic E-state index is 13.8. The van der Waals surface area contributed by atoms with Crippen molar-refractivity contribution in [1.82, 2.24) is 29.9 Å². The monoisotopic (exact) mass is 545 g/mol. The Morgan fingerprint density at radius 3 is 2.45 bits per heavy atom. The van der Waals surface area contributed by atoms with Gasteiger partial charge in [-0.1, -0.05) is 45.0 Å². The second kappa shape index (κ2) is 11.0. The van der Waals surface area contributed by atoms with E-state index in [2.05, 4.69) is 44.6 Å². The summed E-state index contributed by atoms with van der Waals surface area (Å²) in [5.41, 5.74) is 2.62. The standard InChI is InChI=1S/C30H39N7O3/c1-19-17-37(28(39)27(38)33-24-16-31-14-23-15-32-34-26(23)24)25(18-36(19)29(40)30(2,3)4)22-8-6-7-21(13-22)20-9-11-35(5)12-10-20/h6-8,13-16,19-20,25H,9-12,17-18H2,1-5H3,(H,32,34)(H,33,38)/t19-,25-/m1/s1. The number of amides is 3. The van der Waals surface area contributed by atoms with E-state index in [0.717, 1.165) is 36.9 Å². The fourth-order valence-electron chi connectivity index (χ4n) is 5.83. The number of hydrogen-bond donors (Lipinski definition) is 2. The van der Waals surface area contributed by atoms with Gasteiger partial charge in [0.25, 0.3) is 0 Å². The van der Waals surface area contributed by atoms with Gasteiger partial charge in [0.1, 0.15) is 0 Å². The maximum Gasteiger partial charge on any atom is 0.314 e. The summed E-state index contributed by atoms with van der Waals surface area (Å²) in [4.78, 5) is 50.5. The number of aromatic amines is 1. The summed E-state index contributed by atoms with van der Waals surface area (Å²) in [5.74, 6) is -0.907. The zero-order chi connectivity index (χ0) is 28.6. The third-order valence-electron chi connectivity index (χ3n) is 8.19. The molecule has 40 heavy (non-hydrogen) atoms. The van der Waals surface area contributed by atoms with Gasteiger partial charge in [-0.25, -0.2) is 0 Å². The molecule has 0 aliphatic carbocycles. The lowest BCUT2D eigenvalue weighted by Crippen LogP contribution is -2.60. The van der Waals surface area contributed by atoms with Crippen LogP contribution in [0.3, 0.4) is 0 Å². The number of pyridine rings is 1. The molecule has 0 radical (unpaired) electrons. The Hall–Kier alpha value is -3.79. The molecule has 2 aliphatic rings. The summed E-state index contributed by atoms with van der Waals surface area (Å²) in [6, 6.07) is 7.67. The molecule has 10 nitrogen and oxygen atoms in total. The Labute approximate surface area is 235 Å². The molecule has 1 aromatic carbocycles. The fourth-order valence-corrected chi connectivity index (χ4v) is 5.83. The van der Waals surface area contributed by atoms with Gasteiger partial charge in [-0.15, -0.1) is 0 Å². The van der Waals surface area contributed by atoms with Crippen molar-refractivity contribution in [2.45, 2.75) is 58.5 Å². The Bertz CT molecular complexity index is 1400. The molecule has 2 atom stereocenters. The van der Waals surface area contributed by atoms with Gasteiger partial charge in [0, 0.05) is 36.1 Å². The van der Waals surface area contributed by atoms with Crippen molar-refractivity contribution < 1.29 is 14.4 Å². The van der Waals surface area contributed by atoms with Gasteiger partial charge in [-0.05, 0) is 56.9 Å². The van der Waals surface area contributed by atoms with E-state index in [0.29, 0.717) is 23.7 Å². The van der Waals surface area contributed by atoms with Gasteiger partial charge < -0.3 is 20.0 Å². The Morgan fingerprint density at radius 2 is 1.73 bits per heavy atom. The summed E-state index contributed by atoms with van der Waals surface area (Å²) in [7, 11) is 2.15. The lowest BCUT2D eigenvalue weighted by molar-refractivity contribution is -0.154. The topological polar surface area (TPSA) is 115 Å². The van der Waals surface area contributed by atoms with Crippen LogP contribution in [0.4, 0.5) is 5.69 Å². The van der Waals surface area contributed by atoms with Gasteiger partial charge in [0.05, 0.1) is 29.6 Å². The number of nitrogens with zero attached hydrogens (tertiary/aromatic N) is 5. The summed E-state index contributed by atoms with van der Waals surface area (Å²) in [6.45, 7) is 10.3. The number of piperidine rings is 1. The Morgan fingerprint density at radius 1 is 1.00 bits per heavy atom. The molecule has 2 fully saturated rings. The minimum atomic E-state index is -0.747. The van der Waals surface area contributed by atoms with E-state index in [1.165, 1.54) is 11.8 Å². The molecule has 0 saturated carbocycles. The van der Waals surface area contributed by atoms with Gasteiger partial charge >= 0.3 is 11.8 Å². The lowest BCUT2D eigenvalue weighted by atomic mass is 9.87. The Balaban J connectivity index is 1.45. The molecule has 5 rings (SSSR count). The van der Waals surface area contributed by atoms with Crippen molar-refractivity contribution in [2.75, 3.05) is 38.5 Å². The van der Waals surface area contributed by atoms with E-state index in [4.69, 9.17) is 0 Å². The molecule has 2 N–H and O–H groups in total. The number of rotatable bonds is 3. The highest BCUT2D eigenvalue weighted by Gasteiger charge is 2.42. The van der Waals surface area contributed by atoms with E-state index in [-0.39, 0.29) is 18.5 Å². The molecule has 10 heteroatoms. The number of carbonyl (C=O) groups is 3. The second-order valence-electron chi connectivity index (χ2n) is 12.3. The zero-order valence-corrected chi connectivity index (χ0v) is 24.0. The number of nitrogens with one attached hydrogen (secondary N) is 2. The average Bonchev–Trinajstić information content (AvgIpc) is 3.42. The summed E-state index contributed by atoms with van der Waals surface area (Å²) in [6.07, 6.45) is 6.90. The molecule has 0 bridgehead atoms. The number of piperazine rings is 1. The third-order valence-corrected chi connectivity index (χ3v) is 8.19. The van der Waals surface area contributed by atoms with Crippen LogP contribution in [0.15, 0.2) is 42.9 Å². The lowest BCUT2D eigenvalue weighted by Gasteiger charge is -2.47. The van der Waals surface area contributed by atoms with Crippen molar-refractivity contribution >= 4 is 34.3 Å². The van der Waals surface area contributed by atoms with Gasteiger partial charge in [-0.3, -0.25) is 24.5 Å². The first-order valence-corrected chi connectivity index (χ1v) is 14.0. The molecule has 3 amide bonds. The third kappa shape index (κ3) is 5.58. The van der Waals surface area contributed by atoms with E-state index in [1.54, 1.807) is 17.3 Å². The van der Waals surface area contributed by atoms with E-state index in [1.807, 2.05) is 44.7 Å². The molecule has 2 saturated heterocycles. The number of carbonyl (C=O) groups excluding carboxylic acids is 3. The molecule has 0 unspecified atom stereocenters. The molecular weight excluding hydrogens is 506 g/mol. The van der Waals surface area contributed by atoms with Crippen molar-refractivity contribution in [2.24, 2.45) is 5.41 Å². The summed E-state index contributed by atoms with van der Waals surface area (Å²) >= 11 is 0. The first-order valence-electron chi connectivity index (χ1n) is 14.0. The van der Waals surface area contributed by atoms with Gasteiger partial charge in [-0.2, -0.15) is 5.10 Å². The predicted molar refractivity (Wildman–Crippen MR) is 154 cm³/mol. The molecule has 0 spiro atoms. The van der Waals surface area contributed by atoms with Crippen molar-refractivity contribution in [3.05, 3.63) is 54.0 Å². The van der Waals surface area contributed by atoms with Gasteiger partial charge in [0.2, 0.25) is 5.91 Å². The minimum Gasteiger partial charge on any atom is -0.335 e. The second-order valence-corrected chi connectivity index (χ2v) is 12.3. The fraction of sp³-hybridized carbons (Fsp3) is 0.500. The quantitative estimate of drug-likeness (QED) is 0.487. The zero-order valence-electron chi connectivity index (χ0n) is 24.0. The highest BCUT2D eigenvalue weighted by Crippen LogP contribution is 2.34. The summed E-state index contributed by atoms with van der Waals surface area (Å²) in [5, 5.41) is 10.3. The molecule has 4 heterocycles. The number of fused-ring (bicyclic) bond motifs is 1. The molecule has 3 aromatic rings. The smallest absolute Gasteiger partial charge is 0.314 e. The molecule has 2 aromatic heterocycles. The van der Waals surface area contributed by atoms with Crippen LogP contribution in [0.5, 0.6) is 0 Å². The first-order chi connectivity index (χ1) is 19.0. The van der Waals surface area contributed by atoms with Crippen LogP contribution in [0, 0.1) is 5.41 Å². The highest BCUT2D eigenvalue weighted by atomic mass is 16.2. The van der Waals surface area contributed by atoms with Crippen LogP contribution >= 0.6 is 0 Å². The van der Waals surface area contributed by atoms with Crippen molar-refractivity contribution in [3.63, 3.8) is 0 Å². The van der Waals surface area contributed by atoms with E-state index >= 15 is 0 Å². The maximum absolute atomic E-state index is 13.8. The van der Waals surface area contributed by atoms with E-state index < -0.39 is 23.3 Å². The Kier molecular flexibility index (Phi) is 7.63. The number of benzene rings is 1. The SMILES string of the molecule is C[C@@H]1CN(C(=O)C(=O)Nc2cncc3cn[nH]c23)[C@@H](c2cccc(C3CCN(C)CC3)c2)CN1C(=O)C(C)(C)C. The van der Waals surface area contributed by atoms with Gasteiger partial charge in [0.15, 0.2) is 0 Å². The van der Waals surface area contributed by atoms with E-state index in [9.17, 15) is 14.4 Å². The van der Waals surface area contributed by atoms with Crippen molar-refractivity contribution in [3.8, 4) is 0 Å². The predicted octanol–water partition coefficient (Wildman–Crippen LogP) is 3.55. The first kappa shape index (κ1) is 27.8. The molecular formula is C30H39N7O3. The average molecular weight is 546 g/mol. The van der Waals surface area contributed by atoms with Crippen molar-refractivity contribution in [1.29, 1.82) is 0 Å². The largest absolute Gasteiger partial charge is 0.335 e. The minimum absolute atomic E-state index is 0.0324. The number of anilines is 1. The number of hydrogen-bond acceptors (Lipinski definition) is 6. The van der Waals surface area contributed by atoms with Crippen LogP contribution < -0.4 is 5.32 Å². The number of likely N-dealkylation sites (tertiary alicyclic amines) is 1. The van der Waals surface area contributed by atoms with Crippen LogP contribution in [-0.4, -0.2) is 86.9 Å².